The lowest BCUT2D eigenvalue weighted by Crippen LogP contribution is -2.41. The van der Waals surface area contributed by atoms with Gasteiger partial charge in [0.25, 0.3) is 5.92 Å². The standard InChI is InChI=1S/C15H20F2N2O2.ClH/c1-3-21-12-6-4-5-11(7-12)10(2)19-14(20)13-8-15(16,17)9-18-13;/h4-7,10,13,18H,3,8-9H2,1-2H3,(H,19,20);1H. The average Bonchev–Trinajstić information content (AvgIpc) is 2.80. The van der Waals surface area contributed by atoms with Crippen LogP contribution in [-0.4, -0.2) is 31.0 Å². The van der Waals surface area contributed by atoms with Crippen LogP contribution in [0, 0.1) is 0 Å². The molecule has 1 fully saturated rings. The summed E-state index contributed by atoms with van der Waals surface area (Å²) in [5, 5.41) is 5.30. The summed E-state index contributed by atoms with van der Waals surface area (Å²) < 4.78 is 31.6. The van der Waals surface area contributed by atoms with Crippen molar-refractivity contribution in [3.8, 4) is 5.75 Å². The minimum atomic E-state index is -2.81. The molecule has 2 N–H and O–H groups in total. The number of benzene rings is 1. The molecule has 0 aromatic heterocycles. The number of carbonyl (C=O) groups is 1. The molecule has 1 heterocycles. The second-order valence-corrected chi connectivity index (χ2v) is 5.23. The molecule has 22 heavy (non-hydrogen) atoms. The van der Waals surface area contributed by atoms with Crippen LogP contribution in [0.2, 0.25) is 0 Å². The summed E-state index contributed by atoms with van der Waals surface area (Å²) in [5.74, 6) is -2.48. The maximum absolute atomic E-state index is 13.1. The van der Waals surface area contributed by atoms with Crippen molar-refractivity contribution in [2.45, 2.75) is 38.3 Å². The van der Waals surface area contributed by atoms with Crippen molar-refractivity contribution >= 4 is 18.3 Å². The summed E-state index contributed by atoms with van der Waals surface area (Å²) in [7, 11) is 0. The molecule has 1 aromatic rings. The topological polar surface area (TPSA) is 50.4 Å². The van der Waals surface area contributed by atoms with E-state index in [4.69, 9.17) is 4.74 Å². The van der Waals surface area contributed by atoms with E-state index < -0.39 is 30.8 Å². The summed E-state index contributed by atoms with van der Waals surface area (Å²) in [4.78, 5) is 12.0. The number of nitrogens with one attached hydrogen (secondary N) is 2. The van der Waals surface area contributed by atoms with Crippen LogP contribution in [0.4, 0.5) is 8.78 Å². The number of hydrogen-bond donors (Lipinski definition) is 2. The van der Waals surface area contributed by atoms with Gasteiger partial charge in [0.2, 0.25) is 5.91 Å². The largest absolute Gasteiger partial charge is 0.494 e. The highest BCUT2D eigenvalue weighted by Crippen LogP contribution is 2.26. The van der Waals surface area contributed by atoms with Gasteiger partial charge in [-0.1, -0.05) is 12.1 Å². The molecule has 0 aliphatic carbocycles. The van der Waals surface area contributed by atoms with Crippen LogP contribution in [0.5, 0.6) is 5.75 Å². The monoisotopic (exact) mass is 334 g/mol. The Bertz CT molecular complexity index is 514. The Morgan fingerprint density at radius 1 is 1.55 bits per heavy atom. The van der Waals surface area contributed by atoms with E-state index in [1.54, 1.807) is 0 Å². The average molecular weight is 335 g/mol. The molecule has 1 amide bonds. The number of rotatable bonds is 5. The van der Waals surface area contributed by atoms with Gasteiger partial charge in [-0.15, -0.1) is 12.4 Å². The number of alkyl halides is 2. The van der Waals surface area contributed by atoms with Crippen LogP contribution in [0.3, 0.4) is 0 Å². The van der Waals surface area contributed by atoms with Crippen LogP contribution >= 0.6 is 12.4 Å². The fourth-order valence-electron chi connectivity index (χ4n) is 2.34. The Kier molecular flexibility index (Phi) is 6.56. The van der Waals surface area contributed by atoms with Gasteiger partial charge in [-0.2, -0.15) is 0 Å². The Morgan fingerprint density at radius 3 is 2.86 bits per heavy atom. The molecule has 1 aromatic carbocycles. The van der Waals surface area contributed by atoms with Gasteiger partial charge in [-0.25, -0.2) is 8.78 Å². The van der Waals surface area contributed by atoms with E-state index in [-0.39, 0.29) is 18.4 Å². The van der Waals surface area contributed by atoms with Crippen molar-refractivity contribution in [3.05, 3.63) is 29.8 Å². The van der Waals surface area contributed by atoms with Crippen LogP contribution in [0.15, 0.2) is 24.3 Å². The third kappa shape index (κ3) is 4.81. The molecule has 2 unspecified atom stereocenters. The van der Waals surface area contributed by atoms with E-state index >= 15 is 0 Å². The molecule has 0 bridgehead atoms. The fourth-order valence-corrected chi connectivity index (χ4v) is 2.34. The molecule has 2 atom stereocenters. The molecule has 2 rings (SSSR count). The van der Waals surface area contributed by atoms with E-state index in [2.05, 4.69) is 10.6 Å². The van der Waals surface area contributed by atoms with Crippen molar-refractivity contribution in [3.63, 3.8) is 0 Å². The van der Waals surface area contributed by atoms with Gasteiger partial charge >= 0.3 is 0 Å². The highest BCUT2D eigenvalue weighted by molar-refractivity contribution is 5.85. The van der Waals surface area contributed by atoms with Crippen molar-refractivity contribution in [1.29, 1.82) is 0 Å². The summed E-state index contributed by atoms with van der Waals surface area (Å²) in [6.07, 6.45) is -0.454. The molecule has 0 spiro atoms. The molecule has 1 aliphatic rings. The highest BCUT2D eigenvalue weighted by atomic mass is 35.5. The first kappa shape index (κ1) is 18.6. The minimum Gasteiger partial charge on any atom is -0.494 e. The number of amides is 1. The normalized spacial score (nSPS) is 20.8. The third-order valence-corrected chi connectivity index (χ3v) is 3.45. The second kappa shape index (κ2) is 7.74. The smallest absolute Gasteiger partial charge is 0.262 e. The lowest BCUT2D eigenvalue weighted by atomic mass is 10.1. The van der Waals surface area contributed by atoms with Gasteiger partial charge in [0.15, 0.2) is 0 Å². The Labute approximate surface area is 135 Å². The Balaban J connectivity index is 0.00000242. The van der Waals surface area contributed by atoms with E-state index in [0.29, 0.717) is 6.61 Å². The molecule has 1 aliphatic heterocycles. The predicted octanol–water partition coefficient (Wildman–Crippen LogP) is 2.68. The summed E-state index contributed by atoms with van der Waals surface area (Å²) >= 11 is 0. The van der Waals surface area contributed by atoms with Crippen LogP contribution in [0.25, 0.3) is 0 Å². The van der Waals surface area contributed by atoms with E-state index in [1.165, 1.54) is 0 Å². The summed E-state index contributed by atoms with van der Waals surface area (Å²) in [6, 6.07) is 6.27. The van der Waals surface area contributed by atoms with Gasteiger partial charge in [-0.3, -0.25) is 10.1 Å². The maximum atomic E-state index is 13.1. The van der Waals surface area contributed by atoms with Gasteiger partial charge in [0.1, 0.15) is 5.75 Å². The van der Waals surface area contributed by atoms with Gasteiger partial charge in [0.05, 0.1) is 25.2 Å². The Hall–Kier alpha value is -1.40. The molecule has 0 radical (unpaired) electrons. The van der Waals surface area contributed by atoms with Crippen molar-refractivity contribution in [2.24, 2.45) is 0 Å². The maximum Gasteiger partial charge on any atom is 0.262 e. The van der Waals surface area contributed by atoms with Crippen molar-refractivity contribution < 1.29 is 18.3 Å². The first-order chi connectivity index (χ1) is 9.91. The first-order valence-corrected chi connectivity index (χ1v) is 7.05. The van der Waals surface area contributed by atoms with Crippen LogP contribution in [0.1, 0.15) is 31.9 Å². The fraction of sp³-hybridized carbons (Fsp3) is 0.533. The van der Waals surface area contributed by atoms with Gasteiger partial charge in [0, 0.05) is 6.42 Å². The molecule has 4 nitrogen and oxygen atoms in total. The predicted molar refractivity (Wildman–Crippen MR) is 82.8 cm³/mol. The Morgan fingerprint density at radius 2 is 2.27 bits per heavy atom. The molecule has 0 saturated carbocycles. The first-order valence-electron chi connectivity index (χ1n) is 7.05. The lowest BCUT2D eigenvalue weighted by Gasteiger charge is -2.18. The second-order valence-electron chi connectivity index (χ2n) is 5.23. The van der Waals surface area contributed by atoms with E-state index in [9.17, 15) is 13.6 Å². The van der Waals surface area contributed by atoms with Gasteiger partial charge in [-0.05, 0) is 31.5 Å². The van der Waals surface area contributed by atoms with Crippen LogP contribution in [-0.2, 0) is 4.79 Å². The summed E-state index contributed by atoms with van der Waals surface area (Å²) in [5.41, 5.74) is 0.874. The lowest BCUT2D eigenvalue weighted by molar-refractivity contribution is -0.124. The van der Waals surface area contributed by atoms with E-state index in [0.717, 1.165) is 11.3 Å². The third-order valence-electron chi connectivity index (χ3n) is 3.45. The summed E-state index contributed by atoms with van der Waals surface area (Å²) in [6.45, 7) is 3.82. The number of ether oxygens (including phenoxy) is 1. The van der Waals surface area contributed by atoms with Crippen molar-refractivity contribution in [2.75, 3.05) is 13.2 Å². The van der Waals surface area contributed by atoms with E-state index in [1.807, 2.05) is 38.1 Å². The molecule has 7 heteroatoms. The zero-order valence-corrected chi connectivity index (χ0v) is 13.4. The van der Waals surface area contributed by atoms with Crippen LogP contribution < -0.4 is 15.4 Å². The zero-order valence-electron chi connectivity index (χ0n) is 12.6. The SMILES string of the molecule is CCOc1cccc(C(C)NC(=O)C2CC(F)(F)CN2)c1.Cl. The number of hydrogen-bond acceptors (Lipinski definition) is 3. The molecular formula is C15H21ClF2N2O2. The molecular weight excluding hydrogens is 314 g/mol. The minimum absolute atomic E-state index is 0. The van der Waals surface area contributed by atoms with Crippen molar-refractivity contribution in [1.82, 2.24) is 10.6 Å². The number of carbonyl (C=O) groups excluding carboxylic acids is 1. The molecule has 124 valence electrons. The zero-order chi connectivity index (χ0) is 15.5. The van der Waals surface area contributed by atoms with Gasteiger partial charge < -0.3 is 10.1 Å². The number of halogens is 3. The molecule has 1 saturated heterocycles. The quantitative estimate of drug-likeness (QED) is 0.870. The highest BCUT2D eigenvalue weighted by Gasteiger charge is 2.42.